The summed E-state index contributed by atoms with van der Waals surface area (Å²) >= 11 is 18.1. The van der Waals surface area contributed by atoms with Gasteiger partial charge in [0.15, 0.2) is 0 Å². The quantitative estimate of drug-likeness (QED) is 0.476. The molecule has 0 aliphatic rings. The first-order valence-electron chi connectivity index (χ1n) is 7.28. The molecule has 0 saturated heterocycles. The van der Waals surface area contributed by atoms with Crippen molar-refractivity contribution in [1.29, 1.82) is 0 Å². The van der Waals surface area contributed by atoms with Gasteiger partial charge in [0.05, 0.1) is 27.4 Å². The summed E-state index contributed by atoms with van der Waals surface area (Å²) in [5, 5.41) is 4.68. The van der Waals surface area contributed by atoms with E-state index in [4.69, 9.17) is 44.3 Å². The second-order valence-electron chi connectivity index (χ2n) is 4.79. The number of benzene rings is 2. The van der Waals surface area contributed by atoms with Gasteiger partial charge < -0.3 is 14.8 Å². The van der Waals surface area contributed by atoms with Gasteiger partial charge in [-0.1, -0.05) is 46.9 Å². The van der Waals surface area contributed by atoms with E-state index in [0.29, 0.717) is 41.4 Å². The van der Waals surface area contributed by atoms with Crippen LogP contribution in [0.2, 0.25) is 15.1 Å². The summed E-state index contributed by atoms with van der Waals surface area (Å²) < 4.78 is 10.9. The first-order valence-corrected chi connectivity index (χ1v) is 8.41. The van der Waals surface area contributed by atoms with E-state index in [1.165, 1.54) is 0 Å². The number of nitrogens with one attached hydrogen (secondary N) is 1. The molecular weight excluding hydrogens is 357 g/mol. The molecule has 0 atom stereocenters. The molecule has 0 aromatic heterocycles. The van der Waals surface area contributed by atoms with Crippen molar-refractivity contribution in [1.82, 2.24) is 0 Å². The largest absolute Gasteiger partial charge is 0.491 e. The van der Waals surface area contributed by atoms with Gasteiger partial charge in [0.2, 0.25) is 0 Å². The van der Waals surface area contributed by atoms with Crippen molar-refractivity contribution in [2.75, 3.05) is 25.1 Å². The predicted octanol–water partition coefficient (Wildman–Crippen LogP) is 5.67. The van der Waals surface area contributed by atoms with E-state index in [9.17, 15) is 0 Å². The van der Waals surface area contributed by atoms with Crippen LogP contribution in [0.5, 0.6) is 5.75 Å². The maximum absolute atomic E-state index is 6.15. The Morgan fingerprint density at radius 2 is 1.74 bits per heavy atom. The fourth-order valence-corrected chi connectivity index (χ4v) is 2.58. The summed E-state index contributed by atoms with van der Waals surface area (Å²) in [6, 6.07) is 11.2. The van der Waals surface area contributed by atoms with E-state index in [1.54, 1.807) is 12.1 Å². The number of hydrogen-bond donors (Lipinski definition) is 1. The zero-order valence-electron chi connectivity index (χ0n) is 12.7. The first kappa shape index (κ1) is 18.2. The van der Waals surface area contributed by atoms with E-state index in [0.717, 1.165) is 17.0 Å². The molecule has 23 heavy (non-hydrogen) atoms. The van der Waals surface area contributed by atoms with Crippen molar-refractivity contribution in [3.05, 3.63) is 57.0 Å². The molecule has 1 N–H and O–H groups in total. The molecule has 0 heterocycles. The maximum Gasteiger partial charge on any atom is 0.119 e. The zero-order chi connectivity index (χ0) is 16.7. The molecule has 0 aliphatic heterocycles. The van der Waals surface area contributed by atoms with Gasteiger partial charge in [0, 0.05) is 13.2 Å². The summed E-state index contributed by atoms with van der Waals surface area (Å²) in [6.45, 7) is 4.36. The highest BCUT2D eigenvalue weighted by Crippen LogP contribution is 2.32. The number of rotatable bonds is 8. The molecule has 6 heteroatoms. The molecule has 0 saturated carbocycles. The molecule has 0 spiro atoms. The third-order valence-corrected chi connectivity index (χ3v) is 4.13. The van der Waals surface area contributed by atoms with Gasteiger partial charge in [-0.3, -0.25) is 0 Å². The zero-order valence-corrected chi connectivity index (χ0v) is 15.0. The van der Waals surface area contributed by atoms with Gasteiger partial charge in [-0.05, 0) is 36.8 Å². The van der Waals surface area contributed by atoms with Crippen LogP contribution in [0.3, 0.4) is 0 Å². The normalized spacial score (nSPS) is 10.6. The van der Waals surface area contributed by atoms with Gasteiger partial charge >= 0.3 is 0 Å². The Bertz CT molecular complexity index is 650. The monoisotopic (exact) mass is 373 g/mol. The van der Waals surface area contributed by atoms with Crippen LogP contribution in [0.4, 0.5) is 5.69 Å². The molecule has 2 rings (SSSR count). The number of ether oxygens (including phenoxy) is 2. The molecule has 0 radical (unpaired) electrons. The van der Waals surface area contributed by atoms with E-state index in [-0.39, 0.29) is 0 Å². The lowest BCUT2D eigenvalue weighted by Gasteiger charge is -2.11. The van der Waals surface area contributed by atoms with E-state index in [2.05, 4.69) is 5.32 Å². The fraction of sp³-hybridized carbons (Fsp3) is 0.294. The van der Waals surface area contributed by atoms with Gasteiger partial charge in [-0.15, -0.1) is 0 Å². The van der Waals surface area contributed by atoms with Crippen molar-refractivity contribution < 1.29 is 9.47 Å². The van der Waals surface area contributed by atoms with Crippen LogP contribution in [0, 0.1) is 0 Å². The standard InChI is InChI=1S/C17H18Cl3NO2/c1-2-22-6-7-23-13-5-3-4-12(8-13)11-21-17-10-15(19)14(18)9-16(17)20/h3-5,8-10,21H,2,6-7,11H2,1H3. The van der Waals surface area contributed by atoms with Gasteiger partial charge in [0.25, 0.3) is 0 Å². The molecule has 124 valence electrons. The van der Waals surface area contributed by atoms with Gasteiger partial charge in [0.1, 0.15) is 12.4 Å². The summed E-state index contributed by atoms with van der Waals surface area (Å²) in [4.78, 5) is 0. The Labute approximate surface area is 151 Å². The van der Waals surface area contributed by atoms with Crippen LogP contribution in [0.25, 0.3) is 0 Å². The van der Waals surface area contributed by atoms with E-state index < -0.39 is 0 Å². The molecule has 0 bridgehead atoms. The highest BCUT2D eigenvalue weighted by Gasteiger charge is 2.06. The van der Waals surface area contributed by atoms with Crippen molar-refractivity contribution in [3.8, 4) is 5.75 Å². The van der Waals surface area contributed by atoms with Crippen molar-refractivity contribution >= 4 is 40.5 Å². The molecule has 0 aliphatic carbocycles. The molecule has 2 aromatic rings. The van der Waals surface area contributed by atoms with Crippen molar-refractivity contribution in [2.45, 2.75) is 13.5 Å². The van der Waals surface area contributed by atoms with Crippen LogP contribution in [-0.2, 0) is 11.3 Å². The SMILES string of the molecule is CCOCCOc1cccc(CNc2cc(Cl)c(Cl)cc2Cl)c1. The molecule has 3 nitrogen and oxygen atoms in total. The van der Waals surface area contributed by atoms with Crippen LogP contribution in [0.15, 0.2) is 36.4 Å². The molecular formula is C17H18Cl3NO2. The minimum Gasteiger partial charge on any atom is -0.491 e. The first-order chi connectivity index (χ1) is 11.1. The lowest BCUT2D eigenvalue weighted by atomic mass is 10.2. The van der Waals surface area contributed by atoms with Crippen molar-refractivity contribution in [3.63, 3.8) is 0 Å². The smallest absolute Gasteiger partial charge is 0.119 e. The Morgan fingerprint density at radius 3 is 2.52 bits per heavy atom. The maximum atomic E-state index is 6.15. The Morgan fingerprint density at radius 1 is 0.957 bits per heavy atom. The van der Waals surface area contributed by atoms with E-state index >= 15 is 0 Å². The highest BCUT2D eigenvalue weighted by atomic mass is 35.5. The minimum absolute atomic E-state index is 0.437. The van der Waals surface area contributed by atoms with Crippen LogP contribution in [0.1, 0.15) is 12.5 Å². The summed E-state index contributed by atoms with van der Waals surface area (Å²) in [5.41, 5.74) is 1.81. The Kier molecular flexibility index (Phi) is 7.31. The second-order valence-corrected chi connectivity index (χ2v) is 6.01. The fourth-order valence-electron chi connectivity index (χ4n) is 1.96. The topological polar surface area (TPSA) is 30.5 Å². The summed E-state index contributed by atoms with van der Waals surface area (Å²) in [6.07, 6.45) is 0. The van der Waals surface area contributed by atoms with Crippen LogP contribution >= 0.6 is 34.8 Å². The average molecular weight is 375 g/mol. The number of anilines is 1. The highest BCUT2D eigenvalue weighted by molar-refractivity contribution is 6.44. The van der Waals surface area contributed by atoms with E-state index in [1.807, 2.05) is 31.2 Å². The second kappa shape index (κ2) is 9.24. The third kappa shape index (κ3) is 5.78. The number of halogens is 3. The minimum atomic E-state index is 0.437. The summed E-state index contributed by atoms with van der Waals surface area (Å²) in [7, 11) is 0. The van der Waals surface area contributed by atoms with Gasteiger partial charge in [-0.25, -0.2) is 0 Å². The molecule has 2 aromatic carbocycles. The average Bonchev–Trinajstić information content (AvgIpc) is 2.54. The lowest BCUT2D eigenvalue weighted by molar-refractivity contribution is 0.110. The Balaban J connectivity index is 1.94. The van der Waals surface area contributed by atoms with Crippen molar-refractivity contribution in [2.24, 2.45) is 0 Å². The molecule has 0 unspecified atom stereocenters. The Hall–Kier alpha value is -1.13. The summed E-state index contributed by atoms with van der Waals surface area (Å²) in [5.74, 6) is 0.809. The predicted molar refractivity (Wildman–Crippen MR) is 97.2 cm³/mol. The molecule has 0 amide bonds. The lowest BCUT2D eigenvalue weighted by Crippen LogP contribution is -2.06. The number of hydrogen-bond acceptors (Lipinski definition) is 3. The van der Waals surface area contributed by atoms with Crippen LogP contribution < -0.4 is 10.1 Å². The van der Waals surface area contributed by atoms with Crippen LogP contribution in [-0.4, -0.2) is 19.8 Å². The third-order valence-electron chi connectivity index (χ3n) is 3.09. The van der Waals surface area contributed by atoms with Gasteiger partial charge in [-0.2, -0.15) is 0 Å². The molecule has 0 fully saturated rings.